The zero-order chi connectivity index (χ0) is 16.4. The van der Waals surface area contributed by atoms with Crippen molar-refractivity contribution in [3.8, 4) is 5.69 Å². The molecule has 0 saturated heterocycles. The van der Waals surface area contributed by atoms with E-state index in [1.807, 2.05) is 0 Å². The molecule has 0 spiro atoms. The normalized spacial score (nSPS) is 10.9. The Bertz CT molecular complexity index is 882. The molecule has 118 valence electrons. The van der Waals surface area contributed by atoms with Crippen LogP contribution in [0.2, 0.25) is 0 Å². The second-order valence-corrected chi connectivity index (χ2v) is 8.09. The predicted octanol–water partition coefficient (Wildman–Crippen LogP) is 5.71. The number of hydrogen-bond donors (Lipinski definition) is 0. The highest BCUT2D eigenvalue weighted by molar-refractivity contribution is 8.00. The Balaban J connectivity index is 1.80. The van der Waals surface area contributed by atoms with E-state index < -0.39 is 0 Å². The van der Waals surface area contributed by atoms with Crippen LogP contribution in [0.1, 0.15) is 16.7 Å². The fraction of sp³-hybridized carbons (Fsp3) is 0.176. The monoisotopic (exact) mass is 362 g/mol. The number of hydrogen-bond acceptors (Lipinski definition) is 4. The highest BCUT2D eigenvalue weighted by Gasteiger charge is 2.08. The molecule has 0 saturated carbocycles. The lowest BCUT2D eigenvalue weighted by Gasteiger charge is -2.05. The number of rotatable bonds is 4. The zero-order valence-corrected chi connectivity index (χ0v) is 15.2. The van der Waals surface area contributed by atoms with Gasteiger partial charge < -0.3 is 0 Å². The van der Waals surface area contributed by atoms with Gasteiger partial charge in [0.15, 0.2) is 8.29 Å². The predicted molar refractivity (Wildman–Crippen MR) is 97.7 cm³/mol. The summed E-state index contributed by atoms with van der Waals surface area (Å²) >= 11 is 8.53. The molecular weight excluding hydrogens is 347 g/mol. The van der Waals surface area contributed by atoms with Crippen molar-refractivity contribution < 1.29 is 4.39 Å². The fourth-order valence-corrected chi connectivity index (χ4v) is 4.58. The Morgan fingerprint density at radius 3 is 2.65 bits per heavy atom. The quantitative estimate of drug-likeness (QED) is 0.437. The SMILES string of the molecule is Cc1ccc(C)c(CSc2nn(-c3ccc(F)cc3)c(=S)s2)c1. The molecule has 1 heterocycles. The molecule has 0 aliphatic carbocycles. The van der Waals surface area contributed by atoms with Gasteiger partial charge in [-0.25, -0.2) is 9.07 Å². The van der Waals surface area contributed by atoms with E-state index >= 15 is 0 Å². The van der Waals surface area contributed by atoms with Gasteiger partial charge in [-0.2, -0.15) is 0 Å². The minimum absolute atomic E-state index is 0.264. The number of aromatic nitrogens is 2. The lowest BCUT2D eigenvalue weighted by molar-refractivity contribution is 0.627. The third kappa shape index (κ3) is 3.88. The first-order chi connectivity index (χ1) is 11.0. The van der Waals surface area contributed by atoms with Gasteiger partial charge in [0.1, 0.15) is 5.82 Å². The molecule has 0 aliphatic heterocycles. The minimum Gasteiger partial charge on any atom is -0.211 e. The van der Waals surface area contributed by atoms with Crippen LogP contribution in [0.3, 0.4) is 0 Å². The molecule has 0 radical (unpaired) electrons. The summed E-state index contributed by atoms with van der Waals surface area (Å²) in [6.07, 6.45) is 0. The van der Waals surface area contributed by atoms with E-state index in [2.05, 4.69) is 37.1 Å². The molecular formula is C17H15FN2S3. The lowest BCUT2D eigenvalue weighted by Crippen LogP contribution is -1.96. The first-order valence-electron chi connectivity index (χ1n) is 7.08. The molecule has 0 aliphatic rings. The number of thioether (sulfide) groups is 1. The number of nitrogens with zero attached hydrogens (tertiary/aromatic N) is 2. The van der Waals surface area contributed by atoms with Crippen molar-refractivity contribution in [1.29, 1.82) is 0 Å². The molecule has 0 bridgehead atoms. The number of aryl methyl sites for hydroxylation is 2. The topological polar surface area (TPSA) is 17.8 Å². The van der Waals surface area contributed by atoms with Crippen molar-refractivity contribution in [3.05, 3.63) is 68.9 Å². The van der Waals surface area contributed by atoms with E-state index in [0.29, 0.717) is 3.95 Å². The van der Waals surface area contributed by atoms with Crippen LogP contribution in [0, 0.1) is 23.6 Å². The van der Waals surface area contributed by atoms with Crippen LogP contribution < -0.4 is 0 Å². The summed E-state index contributed by atoms with van der Waals surface area (Å²) in [7, 11) is 0. The Hall–Kier alpha value is -1.50. The molecule has 6 heteroatoms. The molecule has 2 nitrogen and oxygen atoms in total. The Morgan fingerprint density at radius 2 is 1.91 bits per heavy atom. The standard InChI is InChI=1S/C17H15FN2S3/c1-11-3-4-12(2)13(9-11)10-22-16-19-20(17(21)23-16)15-7-5-14(18)6-8-15/h3-9H,10H2,1-2H3. The van der Waals surface area contributed by atoms with Crippen LogP contribution in [-0.4, -0.2) is 9.78 Å². The summed E-state index contributed by atoms with van der Waals surface area (Å²) in [5.74, 6) is 0.596. The summed E-state index contributed by atoms with van der Waals surface area (Å²) in [4.78, 5) is 0. The van der Waals surface area contributed by atoms with Crippen LogP contribution in [0.15, 0.2) is 46.8 Å². The third-order valence-electron chi connectivity index (χ3n) is 3.46. The van der Waals surface area contributed by atoms with Gasteiger partial charge in [-0.15, -0.1) is 5.10 Å². The van der Waals surface area contributed by atoms with Gasteiger partial charge in [0.25, 0.3) is 0 Å². The maximum absolute atomic E-state index is 13.0. The van der Waals surface area contributed by atoms with Gasteiger partial charge >= 0.3 is 0 Å². The first-order valence-corrected chi connectivity index (χ1v) is 9.29. The molecule has 0 atom stereocenters. The molecule has 23 heavy (non-hydrogen) atoms. The van der Waals surface area contributed by atoms with Crippen LogP contribution in [0.25, 0.3) is 5.69 Å². The summed E-state index contributed by atoms with van der Waals surface area (Å²) in [6, 6.07) is 12.7. The molecule has 1 aromatic heterocycles. The van der Waals surface area contributed by atoms with E-state index in [0.717, 1.165) is 15.8 Å². The van der Waals surface area contributed by atoms with Gasteiger partial charge in [-0.05, 0) is 61.5 Å². The lowest BCUT2D eigenvalue weighted by atomic mass is 10.1. The van der Waals surface area contributed by atoms with Gasteiger partial charge in [0.05, 0.1) is 5.69 Å². The van der Waals surface area contributed by atoms with E-state index in [9.17, 15) is 4.39 Å². The maximum atomic E-state index is 13.0. The zero-order valence-electron chi connectivity index (χ0n) is 12.7. The number of halogens is 1. The molecule has 0 N–H and O–H groups in total. The minimum atomic E-state index is -0.264. The molecule has 0 unspecified atom stereocenters. The largest absolute Gasteiger partial charge is 0.211 e. The average molecular weight is 363 g/mol. The molecule has 0 amide bonds. The van der Waals surface area contributed by atoms with Crippen LogP contribution in [0.5, 0.6) is 0 Å². The van der Waals surface area contributed by atoms with Crippen molar-refractivity contribution in [3.63, 3.8) is 0 Å². The summed E-state index contributed by atoms with van der Waals surface area (Å²) in [5.41, 5.74) is 4.64. The molecule has 3 rings (SSSR count). The van der Waals surface area contributed by atoms with Crippen molar-refractivity contribution >= 4 is 35.3 Å². The Kier molecular flexibility index (Phi) is 4.94. The Morgan fingerprint density at radius 1 is 1.17 bits per heavy atom. The van der Waals surface area contributed by atoms with Crippen LogP contribution >= 0.6 is 35.3 Å². The second-order valence-electron chi connectivity index (χ2n) is 5.24. The van der Waals surface area contributed by atoms with E-state index in [4.69, 9.17) is 12.2 Å². The first kappa shape index (κ1) is 16.4. The summed E-state index contributed by atoms with van der Waals surface area (Å²) in [5, 5.41) is 4.55. The van der Waals surface area contributed by atoms with E-state index in [-0.39, 0.29) is 5.82 Å². The second kappa shape index (κ2) is 6.95. The summed E-state index contributed by atoms with van der Waals surface area (Å²) < 4.78 is 16.3. The molecule has 2 aromatic carbocycles. The van der Waals surface area contributed by atoms with Gasteiger partial charge in [-0.1, -0.05) is 46.9 Å². The highest BCUT2D eigenvalue weighted by Crippen LogP contribution is 2.28. The van der Waals surface area contributed by atoms with Crippen molar-refractivity contribution in [2.75, 3.05) is 0 Å². The smallest absolute Gasteiger partial charge is 0.184 e. The van der Waals surface area contributed by atoms with Crippen molar-refractivity contribution in [2.45, 2.75) is 23.9 Å². The van der Waals surface area contributed by atoms with Crippen LogP contribution in [-0.2, 0) is 5.75 Å². The van der Waals surface area contributed by atoms with Gasteiger partial charge in [0.2, 0.25) is 0 Å². The number of benzene rings is 2. The van der Waals surface area contributed by atoms with E-state index in [1.54, 1.807) is 28.6 Å². The Labute approximate surface area is 148 Å². The van der Waals surface area contributed by atoms with Gasteiger partial charge in [0, 0.05) is 5.75 Å². The third-order valence-corrected chi connectivity index (χ3v) is 5.87. The summed E-state index contributed by atoms with van der Waals surface area (Å²) in [6.45, 7) is 4.22. The molecule has 3 aromatic rings. The maximum Gasteiger partial charge on any atom is 0.184 e. The fourth-order valence-electron chi connectivity index (χ4n) is 2.16. The van der Waals surface area contributed by atoms with Crippen molar-refractivity contribution in [1.82, 2.24) is 9.78 Å². The van der Waals surface area contributed by atoms with Gasteiger partial charge in [-0.3, -0.25) is 0 Å². The van der Waals surface area contributed by atoms with E-state index in [1.165, 1.54) is 40.2 Å². The van der Waals surface area contributed by atoms with Crippen molar-refractivity contribution in [2.24, 2.45) is 0 Å². The molecule has 0 fully saturated rings. The van der Waals surface area contributed by atoms with Crippen LogP contribution in [0.4, 0.5) is 4.39 Å². The average Bonchev–Trinajstić information content (AvgIpc) is 2.90. The highest BCUT2D eigenvalue weighted by atomic mass is 32.2.